The van der Waals surface area contributed by atoms with E-state index in [4.69, 9.17) is 13.9 Å². The maximum Gasteiger partial charge on any atom is 0.318 e. The molecular formula is C26H35N3O7. The van der Waals surface area contributed by atoms with Crippen molar-refractivity contribution >= 4 is 23.7 Å². The maximum atomic E-state index is 13.7. The largest absolute Gasteiger partial charge is 0.465 e. The number of piperazine rings is 1. The van der Waals surface area contributed by atoms with Crippen LogP contribution in [0.5, 0.6) is 0 Å². The number of likely N-dealkylation sites (tertiary alicyclic amines) is 1. The molecule has 0 saturated carbocycles. The fraction of sp³-hybridized carbons (Fsp3) is 0.615. The van der Waals surface area contributed by atoms with E-state index in [0.717, 1.165) is 12.8 Å². The molecule has 4 rings (SSSR count). The molecule has 196 valence electrons. The van der Waals surface area contributed by atoms with Gasteiger partial charge in [0, 0.05) is 58.6 Å². The number of ether oxygens (including phenoxy) is 2. The SMILES string of the molecule is CCOC(=O)[C@]12CCCC=C1N(CCCOC)C(=O)[C@@H]2CC(=O)N1CCN(C(=O)c2ccco2)CC1. The Balaban J connectivity index is 1.50. The Hall–Kier alpha value is -3.14. The molecule has 1 aromatic heterocycles. The van der Waals surface area contributed by atoms with Crippen LogP contribution in [0.15, 0.2) is 34.6 Å². The zero-order valence-corrected chi connectivity index (χ0v) is 21.1. The van der Waals surface area contributed by atoms with Gasteiger partial charge in [0.2, 0.25) is 11.8 Å². The normalized spacial score (nSPS) is 23.9. The second kappa shape index (κ2) is 11.3. The molecule has 2 atom stereocenters. The van der Waals surface area contributed by atoms with Crippen LogP contribution in [-0.4, -0.2) is 91.4 Å². The van der Waals surface area contributed by atoms with Crippen molar-refractivity contribution in [2.75, 3.05) is 53.0 Å². The summed E-state index contributed by atoms with van der Waals surface area (Å²) in [6.07, 6.45) is 5.99. The molecule has 3 heterocycles. The third-order valence-electron chi connectivity index (χ3n) is 7.42. The zero-order valence-electron chi connectivity index (χ0n) is 21.1. The highest BCUT2D eigenvalue weighted by Gasteiger charge is 2.62. The molecule has 10 nitrogen and oxygen atoms in total. The van der Waals surface area contributed by atoms with Gasteiger partial charge in [-0.3, -0.25) is 19.2 Å². The smallest absolute Gasteiger partial charge is 0.318 e. The van der Waals surface area contributed by atoms with Crippen LogP contribution in [0.25, 0.3) is 0 Å². The number of hydrogen-bond acceptors (Lipinski definition) is 7. The zero-order chi connectivity index (χ0) is 25.7. The average Bonchev–Trinajstić information content (AvgIpc) is 3.51. The second-order valence-electron chi connectivity index (χ2n) is 9.42. The highest BCUT2D eigenvalue weighted by Crippen LogP contribution is 2.53. The Labute approximate surface area is 211 Å². The number of furan rings is 1. The van der Waals surface area contributed by atoms with Crippen LogP contribution in [0.2, 0.25) is 0 Å². The number of fused-ring (bicyclic) bond motifs is 1. The number of amides is 3. The van der Waals surface area contributed by atoms with Gasteiger partial charge in [-0.1, -0.05) is 6.08 Å². The minimum atomic E-state index is -1.13. The highest BCUT2D eigenvalue weighted by molar-refractivity contribution is 5.99. The van der Waals surface area contributed by atoms with E-state index in [9.17, 15) is 19.2 Å². The molecular weight excluding hydrogens is 466 g/mol. The van der Waals surface area contributed by atoms with Gasteiger partial charge in [-0.05, 0) is 44.7 Å². The van der Waals surface area contributed by atoms with Crippen LogP contribution in [0.3, 0.4) is 0 Å². The van der Waals surface area contributed by atoms with Gasteiger partial charge in [0.1, 0.15) is 5.41 Å². The van der Waals surface area contributed by atoms with Crippen molar-refractivity contribution < 1.29 is 33.1 Å². The van der Waals surface area contributed by atoms with Crippen LogP contribution >= 0.6 is 0 Å². The number of allylic oxidation sites excluding steroid dienone is 1. The topological polar surface area (TPSA) is 110 Å². The lowest BCUT2D eigenvalue weighted by Gasteiger charge is -2.37. The summed E-state index contributed by atoms with van der Waals surface area (Å²) in [6.45, 7) is 4.35. The van der Waals surface area contributed by atoms with Gasteiger partial charge in [0.05, 0.1) is 18.8 Å². The molecule has 1 aromatic rings. The summed E-state index contributed by atoms with van der Waals surface area (Å²) in [4.78, 5) is 58.0. The predicted octanol–water partition coefficient (Wildman–Crippen LogP) is 2.07. The maximum absolute atomic E-state index is 13.7. The lowest BCUT2D eigenvalue weighted by molar-refractivity contribution is -0.158. The monoisotopic (exact) mass is 501 g/mol. The molecule has 3 aliphatic rings. The molecule has 10 heteroatoms. The minimum Gasteiger partial charge on any atom is -0.465 e. The molecule has 0 N–H and O–H groups in total. The lowest BCUT2D eigenvalue weighted by atomic mass is 9.68. The Morgan fingerprint density at radius 3 is 2.58 bits per heavy atom. The molecule has 36 heavy (non-hydrogen) atoms. The molecule has 0 radical (unpaired) electrons. The predicted molar refractivity (Wildman–Crippen MR) is 129 cm³/mol. The van der Waals surface area contributed by atoms with E-state index in [1.807, 2.05) is 6.08 Å². The van der Waals surface area contributed by atoms with Gasteiger partial charge in [-0.25, -0.2) is 0 Å². The molecule has 0 unspecified atom stereocenters. The molecule has 2 saturated heterocycles. The van der Waals surface area contributed by atoms with Gasteiger partial charge in [0.25, 0.3) is 5.91 Å². The van der Waals surface area contributed by atoms with Crippen LogP contribution in [0.1, 0.15) is 49.6 Å². The summed E-state index contributed by atoms with van der Waals surface area (Å²) in [7, 11) is 1.61. The Morgan fingerprint density at radius 2 is 1.92 bits per heavy atom. The van der Waals surface area contributed by atoms with Gasteiger partial charge in [0.15, 0.2) is 5.76 Å². The van der Waals surface area contributed by atoms with Crippen molar-refractivity contribution in [1.29, 1.82) is 0 Å². The van der Waals surface area contributed by atoms with Gasteiger partial charge in [-0.2, -0.15) is 0 Å². The minimum absolute atomic E-state index is 0.0676. The van der Waals surface area contributed by atoms with Crippen molar-refractivity contribution in [2.45, 2.75) is 39.0 Å². The van der Waals surface area contributed by atoms with Crippen LogP contribution < -0.4 is 0 Å². The van der Waals surface area contributed by atoms with Gasteiger partial charge >= 0.3 is 5.97 Å². The number of nitrogens with zero attached hydrogens (tertiary/aromatic N) is 3. The lowest BCUT2D eigenvalue weighted by Crippen LogP contribution is -2.51. The third-order valence-corrected chi connectivity index (χ3v) is 7.42. The standard InChI is InChI=1S/C26H35N3O7/c1-3-35-25(33)26-10-5-4-9-21(26)29(11-7-16-34-2)23(31)19(26)18-22(30)27-12-14-28(15-13-27)24(32)20-8-6-17-36-20/h6,8-9,17,19H,3-5,7,10-16,18H2,1-2H3/t19-,26-/m0/s1. The van der Waals surface area contributed by atoms with E-state index in [2.05, 4.69) is 0 Å². The van der Waals surface area contributed by atoms with Crippen LogP contribution in [0.4, 0.5) is 0 Å². The van der Waals surface area contributed by atoms with E-state index >= 15 is 0 Å². The van der Waals surface area contributed by atoms with Gasteiger partial charge in [-0.15, -0.1) is 0 Å². The number of esters is 1. The Kier molecular flexibility index (Phi) is 8.13. The molecule has 2 aliphatic heterocycles. The number of carbonyl (C=O) groups excluding carboxylic acids is 4. The van der Waals surface area contributed by atoms with Crippen LogP contribution in [-0.2, 0) is 23.9 Å². The van der Waals surface area contributed by atoms with Gasteiger partial charge < -0.3 is 28.6 Å². The average molecular weight is 502 g/mol. The molecule has 2 fully saturated rings. The van der Waals surface area contributed by atoms with Crippen LogP contribution in [0, 0.1) is 11.3 Å². The summed E-state index contributed by atoms with van der Waals surface area (Å²) < 4.78 is 15.8. The quantitative estimate of drug-likeness (QED) is 0.376. The fourth-order valence-corrected chi connectivity index (χ4v) is 5.64. The molecule has 0 aromatic carbocycles. The summed E-state index contributed by atoms with van der Waals surface area (Å²) in [5.41, 5.74) is -0.453. The molecule has 1 aliphatic carbocycles. The number of rotatable bonds is 9. The first-order chi connectivity index (χ1) is 17.4. The van der Waals surface area contributed by atoms with Crippen molar-refractivity contribution in [3.8, 4) is 0 Å². The summed E-state index contributed by atoms with van der Waals surface area (Å²) >= 11 is 0. The number of hydrogen-bond donors (Lipinski definition) is 0. The Morgan fingerprint density at radius 1 is 1.17 bits per heavy atom. The van der Waals surface area contributed by atoms with Crippen molar-refractivity contribution in [1.82, 2.24) is 14.7 Å². The Bertz CT molecular complexity index is 997. The van der Waals surface area contributed by atoms with Crippen molar-refractivity contribution in [3.05, 3.63) is 35.9 Å². The van der Waals surface area contributed by atoms with E-state index in [1.165, 1.54) is 6.26 Å². The van der Waals surface area contributed by atoms with E-state index in [-0.39, 0.29) is 36.5 Å². The first kappa shape index (κ1) is 25.9. The number of methoxy groups -OCH3 is 1. The van der Waals surface area contributed by atoms with Crippen molar-refractivity contribution in [3.63, 3.8) is 0 Å². The van der Waals surface area contributed by atoms with E-state index < -0.39 is 17.3 Å². The third kappa shape index (κ3) is 4.78. The molecule has 3 amide bonds. The molecule has 0 spiro atoms. The van der Waals surface area contributed by atoms with Crippen molar-refractivity contribution in [2.24, 2.45) is 11.3 Å². The summed E-state index contributed by atoms with van der Waals surface area (Å²) in [6, 6.07) is 3.28. The highest BCUT2D eigenvalue weighted by atomic mass is 16.5. The first-order valence-electron chi connectivity index (χ1n) is 12.7. The molecule has 0 bridgehead atoms. The summed E-state index contributed by atoms with van der Waals surface area (Å²) in [5, 5.41) is 0. The first-order valence-corrected chi connectivity index (χ1v) is 12.7. The fourth-order valence-electron chi connectivity index (χ4n) is 5.64. The number of carbonyl (C=O) groups is 4. The van der Waals surface area contributed by atoms with E-state index in [1.54, 1.807) is 40.9 Å². The second-order valence-corrected chi connectivity index (χ2v) is 9.42. The van der Waals surface area contributed by atoms with E-state index in [0.29, 0.717) is 57.9 Å². The summed E-state index contributed by atoms with van der Waals surface area (Å²) in [5.74, 6) is -1.56.